The molecular formula is C29H23N3O9. The van der Waals surface area contributed by atoms with E-state index >= 15 is 0 Å². The summed E-state index contributed by atoms with van der Waals surface area (Å²) in [5.74, 6) is -3.89. The van der Waals surface area contributed by atoms with Gasteiger partial charge in [0.25, 0.3) is 23.4 Å². The number of fused-ring (bicyclic) bond motifs is 5. The smallest absolute Gasteiger partial charge is 0.379 e. The second-order valence-electron chi connectivity index (χ2n) is 10.4. The molecular weight excluding hydrogens is 534 g/mol. The maximum atomic E-state index is 13.6. The largest absolute Gasteiger partial charge is 0.457 e. The molecule has 1 aromatic heterocycles. The minimum absolute atomic E-state index is 0.00343. The van der Waals surface area contributed by atoms with E-state index in [9.17, 15) is 34.1 Å². The molecule has 2 saturated carbocycles. The number of carbonyl (C=O) groups excluding carboxylic acids is 5. The van der Waals surface area contributed by atoms with Crippen LogP contribution in [0.15, 0.2) is 71.3 Å². The number of hydrogen-bond donors (Lipinski definition) is 0. The quantitative estimate of drug-likeness (QED) is 0.101. The second-order valence-corrected chi connectivity index (χ2v) is 10.4. The summed E-state index contributed by atoms with van der Waals surface area (Å²) in [4.78, 5) is 76.6. The number of nitro groups is 1. The van der Waals surface area contributed by atoms with Crippen molar-refractivity contribution in [2.45, 2.75) is 19.3 Å². The lowest BCUT2D eigenvalue weighted by molar-refractivity contribution is -0.384. The Morgan fingerprint density at radius 2 is 1.54 bits per heavy atom. The summed E-state index contributed by atoms with van der Waals surface area (Å²) in [5.41, 5.74) is -0.121. The standard InChI is InChI=1S/C29H23N3O9/c33-22(16-7-11-21(12-8-16)41-29(37)23-2-1-13-40-23)15-30(26(34)17-5-9-20(10-6-17)32(38)39)31-27(35)24-18-3-4-19(14-18)25(24)28(31)36/h1-2,5-13,18-19,24-25H,3-4,14-15H2/t18-,19-,24-,25+/m0/s1. The number of nitro benzene ring substituents is 1. The fourth-order valence-corrected chi connectivity index (χ4v) is 6.23. The van der Waals surface area contributed by atoms with Gasteiger partial charge in [0.15, 0.2) is 5.78 Å². The van der Waals surface area contributed by atoms with Crippen molar-refractivity contribution < 1.29 is 38.1 Å². The minimum Gasteiger partial charge on any atom is -0.457 e. The van der Waals surface area contributed by atoms with E-state index in [0.29, 0.717) is 0 Å². The number of non-ortho nitro benzene ring substituents is 1. The van der Waals surface area contributed by atoms with Crippen LogP contribution in [0.25, 0.3) is 0 Å². The summed E-state index contributed by atoms with van der Waals surface area (Å²) in [5, 5.41) is 12.7. The summed E-state index contributed by atoms with van der Waals surface area (Å²) in [6.45, 7) is -0.631. The number of amides is 3. The van der Waals surface area contributed by atoms with Gasteiger partial charge in [-0.05, 0) is 79.6 Å². The number of furan rings is 1. The van der Waals surface area contributed by atoms with E-state index < -0.39 is 52.8 Å². The van der Waals surface area contributed by atoms with Crippen LogP contribution in [0.3, 0.4) is 0 Å². The molecule has 3 aromatic rings. The SMILES string of the molecule is O=C(CN(C(=O)c1ccc([N+](=O)[O-])cc1)N1C(=O)[C@@H]2[C@H]3CC[C@@H](C3)[C@@H]2C1=O)c1ccc(OC(=O)c2ccco2)cc1. The fraction of sp³-hybridized carbons (Fsp3) is 0.276. The molecule has 1 saturated heterocycles. The lowest BCUT2D eigenvalue weighted by atomic mass is 9.81. The molecule has 41 heavy (non-hydrogen) atoms. The predicted molar refractivity (Wildman–Crippen MR) is 138 cm³/mol. The average Bonchev–Trinajstić information content (AvgIpc) is 3.78. The summed E-state index contributed by atoms with van der Waals surface area (Å²) >= 11 is 0. The zero-order valence-corrected chi connectivity index (χ0v) is 21.5. The van der Waals surface area contributed by atoms with Gasteiger partial charge in [-0.1, -0.05) is 0 Å². The summed E-state index contributed by atoms with van der Waals surface area (Å²) in [6.07, 6.45) is 3.80. The molecule has 208 valence electrons. The van der Waals surface area contributed by atoms with Gasteiger partial charge in [-0.15, -0.1) is 0 Å². The molecule has 12 nitrogen and oxygen atoms in total. The van der Waals surface area contributed by atoms with Crippen molar-refractivity contribution in [3.63, 3.8) is 0 Å². The molecule has 6 rings (SSSR count). The molecule has 0 unspecified atom stereocenters. The third kappa shape index (κ3) is 4.56. The fourth-order valence-electron chi connectivity index (χ4n) is 6.23. The first-order valence-corrected chi connectivity index (χ1v) is 13.1. The van der Waals surface area contributed by atoms with Gasteiger partial charge in [-0.3, -0.25) is 29.3 Å². The van der Waals surface area contributed by atoms with E-state index in [1.807, 2.05) is 0 Å². The van der Waals surface area contributed by atoms with Gasteiger partial charge >= 0.3 is 5.97 Å². The van der Waals surface area contributed by atoms with Crippen LogP contribution >= 0.6 is 0 Å². The number of ketones is 1. The highest BCUT2D eigenvalue weighted by molar-refractivity contribution is 6.10. The Morgan fingerprint density at radius 1 is 0.927 bits per heavy atom. The number of rotatable bonds is 8. The number of hydrazine groups is 1. The zero-order chi connectivity index (χ0) is 28.8. The number of nitrogens with zero attached hydrogens (tertiary/aromatic N) is 3. The number of benzene rings is 2. The maximum absolute atomic E-state index is 13.6. The average molecular weight is 558 g/mol. The molecule has 3 aliphatic rings. The third-order valence-corrected chi connectivity index (χ3v) is 8.11. The number of ether oxygens (including phenoxy) is 1. The van der Waals surface area contributed by atoms with Crippen LogP contribution < -0.4 is 4.74 Å². The Labute approximate surface area is 232 Å². The molecule has 2 aliphatic carbocycles. The van der Waals surface area contributed by atoms with Gasteiger partial charge in [0, 0.05) is 23.3 Å². The van der Waals surface area contributed by atoms with Crippen molar-refractivity contribution in [1.82, 2.24) is 10.0 Å². The maximum Gasteiger partial charge on any atom is 0.379 e. The highest BCUT2D eigenvalue weighted by Gasteiger charge is 2.62. The van der Waals surface area contributed by atoms with Crippen LogP contribution in [0.5, 0.6) is 5.75 Å². The molecule has 12 heteroatoms. The molecule has 0 spiro atoms. The first-order chi connectivity index (χ1) is 19.7. The number of Topliss-reactive ketones (excluding diaryl/α,β-unsaturated/α-hetero) is 1. The number of imide groups is 1. The van der Waals surface area contributed by atoms with Crippen LogP contribution in [0.4, 0.5) is 5.69 Å². The van der Waals surface area contributed by atoms with E-state index in [4.69, 9.17) is 9.15 Å². The molecule has 2 bridgehead atoms. The zero-order valence-electron chi connectivity index (χ0n) is 21.5. The molecule has 4 atom stereocenters. The molecule has 1 aliphatic heterocycles. The van der Waals surface area contributed by atoms with Gasteiger partial charge in [-0.25, -0.2) is 9.80 Å². The lowest BCUT2D eigenvalue weighted by Gasteiger charge is -2.30. The van der Waals surface area contributed by atoms with E-state index in [1.165, 1.54) is 54.8 Å². The topological polar surface area (TPSA) is 157 Å². The summed E-state index contributed by atoms with van der Waals surface area (Å²) in [6, 6.07) is 13.3. The Bertz CT molecular complexity index is 1540. The monoisotopic (exact) mass is 557 g/mol. The third-order valence-electron chi connectivity index (χ3n) is 8.11. The van der Waals surface area contributed by atoms with Crippen LogP contribution in [0, 0.1) is 33.8 Å². The van der Waals surface area contributed by atoms with Crippen molar-refractivity contribution in [3.8, 4) is 5.75 Å². The van der Waals surface area contributed by atoms with E-state index in [0.717, 1.165) is 41.4 Å². The second kappa shape index (κ2) is 10.1. The molecule has 0 radical (unpaired) electrons. The Kier molecular flexibility index (Phi) is 6.45. The number of esters is 1. The molecule has 2 heterocycles. The van der Waals surface area contributed by atoms with Gasteiger partial charge in [0.05, 0.1) is 23.0 Å². The highest BCUT2D eigenvalue weighted by atomic mass is 16.6. The first-order valence-electron chi connectivity index (χ1n) is 13.1. The lowest BCUT2D eigenvalue weighted by Crippen LogP contribution is -2.52. The first kappa shape index (κ1) is 26.1. The molecule has 2 aromatic carbocycles. The summed E-state index contributed by atoms with van der Waals surface area (Å²) < 4.78 is 10.2. The van der Waals surface area contributed by atoms with Crippen molar-refractivity contribution in [2.24, 2.45) is 23.7 Å². The van der Waals surface area contributed by atoms with Crippen LogP contribution in [0.1, 0.15) is 50.5 Å². The van der Waals surface area contributed by atoms with Crippen LogP contribution in [-0.2, 0) is 9.59 Å². The normalized spacial score (nSPS) is 22.5. The van der Waals surface area contributed by atoms with Gasteiger partial charge < -0.3 is 9.15 Å². The van der Waals surface area contributed by atoms with Crippen molar-refractivity contribution in [2.75, 3.05) is 6.54 Å². The summed E-state index contributed by atoms with van der Waals surface area (Å²) in [7, 11) is 0. The number of hydrogen-bond acceptors (Lipinski definition) is 9. The van der Waals surface area contributed by atoms with Gasteiger partial charge in [-0.2, -0.15) is 5.01 Å². The van der Waals surface area contributed by atoms with E-state index in [1.54, 1.807) is 0 Å². The van der Waals surface area contributed by atoms with E-state index in [2.05, 4.69) is 0 Å². The molecule has 3 amide bonds. The van der Waals surface area contributed by atoms with Crippen molar-refractivity contribution in [3.05, 3.63) is 93.9 Å². The Balaban J connectivity index is 1.26. The molecule has 0 N–H and O–H groups in total. The van der Waals surface area contributed by atoms with Gasteiger partial charge in [0.1, 0.15) is 12.3 Å². The Morgan fingerprint density at radius 3 is 2.10 bits per heavy atom. The Hall–Kier alpha value is -5.13. The van der Waals surface area contributed by atoms with Crippen LogP contribution in [-0.4, -0.2) is 51.0 Å². The van der Waals surface area contributed by atoms with Crippen molar-refractivity contribution >= 4 is 35.2 Å². The van der Waals surface area contributed by atoms with Crippen molar-refractivity contribution in [1.29, 1.82) is 0 Å². The van der Waals surface area contributed by atoms with E-state index in [-0.39, 0.29) is 40.2 Å². The molecule has 3 fully saturated rings. The number of carbonyl (C=O) groups is 5. The highest BCUT2D eigenvalue weighted by Crippen LogP contribution is 2.56. The predicted octanol–water partition coefficient (Wildman–Crippen LogP) is 3.68. The van der Waals surface area contributed by atoms with Crippen LogP contribution in [0.2, 0.25) is 0 Å². The van der Waals surface area contributed by atoms with Gasteiger partial charge in [0.2, 0.25) is 5.76 Å². The minimum atomic E-state index is -0.814.